The molecule has 1 atom stereocenters. The summed E-state index contributed by atoms with van der Waals surface area (Å²) < 4.78 is 2.24. The number of nitrogens with zero attached hydrogens (tertiary/aromatic N) is 3. The summed E-state index contributed by atoms with van der Waals surface area (Å²) in [6.45, 7) is 4.78. The molecule has 0 bridgehead atoms. The van der Waals surface area contributed by atoms with Crippen LogP contribution in [-0.4, -0.2) is 14.5 Å². The number of allylic oxidation sites excluding steroid dienone is 2. The third-order valence-electron chi connectivity index (χ3n) is 5.31. The molecule has 3 heterocycles. The third-order valence-corrected chi connectivity index (χ3v) is 5.31. The van der Waals surface area contributed by atoms with Crippen LogP contribution in [-0.2, 0) is 0 Å². The fraction of sp³-hybridized carbons (Fsp3) is 0.474. The van der Waals surface area contributed by atoms with Crippen molar-refractivity contribution in [3.63, 3.8) is 0 Å². The van der Waals surface area contributed by atoms with E-state index in [9.17, 15) is 0 Å². The van der Waals surface area contributed by atoms with Crippen LogP contribution in [0, 0.1) is 11.3 Å². The Morgan fingerprint density at radius 2 is 2.05 bits per heavy atom. The number of fused-ring (bicyclic) bond motifs is 3. The van der Waals surface area contributed by atoms with Crippen LogP contribution in [0.25, 0.3) is 11.3 Å². The van der Waals surface area contributed by atoms with Gasteiger partial charge in [0.25, 0.3) is 0 Å². The van der Waals surface area contributed by atoms with Gasteiger partial charge in [-0.25, -0.2) is 4.98 Å². The Morgan fingerprint density at radius 1 is 1.23 bits per heavy atom. The lowest BCUT2D eigenvalue weighted by Gasteiger charge is -2.33. The van der Waals surface area contributed by atoms with Gasteiger partial charge >= 0.3 is 0 Å². The van der Waals surface area contributed by atoms with Crippen molar-refractivity contribution >= 4 is 0 Å². The first-order valence-corrected chi connectivity index (χ1v) is 8.29. The van der Waals surface area contributed by atoms with Crippen LogP contribution in [0.15, 0.2) is 43.0 Å². The smallest absolute Gasteiger partial charge is 0.0962 e. The van der Waals surface area contributed by atoms with Gasteiger partial charge in [0.1, 0.15) is 0 Å². The zero-order chi connectivity index (χ0) is 15.2. The molecule has 2 aromatic rings. The van der Waals surface area contributed by atoms with Crippen molar-refractivity contribution in [2.24, 2.45) is 11.3 Å². The Balaban J connectivity index is 1.58. The average molecular weight is 293 g/mol. The molecule has 1 aliphatic heterocycles. The molecule has 0 amide bonds. The summed E-state index contributed by atoms with van der Waals surface area (Å²) in [5.74, 6) is 0.716. The highest BCUT2D eigenvalue weighted by molar-refractivity contribution is 5.67. The lowest BCUT2D eigenvalue weighted by atomic mass is 9.73. The van der Waals surface area contributed by atoms with Crippen molar-refractivity contribution in [1.29, 1.82) is 0 Å². The highest BCUT2D eigenvalue weighted by Gasteiger charge is 2.29. The minimum Gasteiger partial charge on any atom is -0.318 e. The molecule has 0 N–H and O–H groups in total. The summed E-state index contributed by atoms with van der Waals surface area (Å²) in [6.07, 6.45) is 15.8. The van der Waals surface area contributed by atoms with E-state index in [0.717, 1.165) is 5.69 Å². The summed E-state index contributed by atoms with van der Waals surface area (Å²) in [5, 5.41) is 0. The first kappa shape index (κ1) is 13.7. The summed E-state index contributed by atoms with van der Waals surface area (Å²) >= 11 is 0. The maximum Gasteiger partial charge on any atom is 0.0962 e. The number of aromatic nitrogens is 3. The number of rotatable bonds is 2. The fourth-order valence-corrected chi connectivity index (χ4v) is 3.80. The Bertz CT molecular complexity index is 701. The molecular formula is C19H23N3. The second-order valence-corrected chi connectivity index (χ2v) is 7.45. The predicted molar refractivity (Wildman–Crippen MR) is 88.5 cm³/mol. The Hall–Kier alpha value is -1.90. The second kappa shape index (κ2) is 5.08. The van der Waals surface area contributed by atoms with Crippen molar-refractivity contribution in [3.05, 3.63) is 48.7 Å². The van der Waals surface area contributed by atoms with Gasteiger partial charge in [0.15, 0.2) is 0 Å². The van der Waals surface area contributed by atoms with Gasteiger partial charge in [0.05, 0.1) is 30.0 Å². The maximum atomic E-state index is 4.61. The van der Waals surface area contributed by atoms with E-state index in [4.69, 9.17) is 0 Å². The van der Waals surface area contributed by atoms with Gasteiger partial charge in [0, 0.05) is 11.8 Å². The molecule has 114 valence electrons. The predicted octanol–water partition coefficient (Wildman–Crippen LogP) is 4.62. The SMILES string of the molecule is CC1(C)CCC(/C=C/C2c3ncccc3-c3cncn32)CC1. The standard InChI is InChI=1S/C19H23N3/c1-19(2)9-7-14(8-10-19)5-6-16-18-15(4-3-11-21-18)17-12-20-13-22(16)17/h3-6,11-14,16H,7-10H2,1-2H3/b6-5+. The van der Waals surface area contributed by atoms with Gasteiger partial charge in [-0.1, -0.05) is 26.0 Å². The molecule has 0 radical (unpaired) electrons. The van der Waals surface area contributed by atoms with Crippen molar-refractivity contribution in [2.75, 3.05) is 0 Å². The molecule has 22 heavy (non-hydrogen) atoms. The van der Waals surface area contributed by atoms with E-state index in [1.54, 1.807) is 0 Å². The normalized spacial score (nSPS) is 23.6. The summed E-state index contributed by atoms with van der Waals surface area (Å²) in [7, 11) is 0. The molecule has 1 saturated carbocycles. The Morgan fingerprint density at radius 3 is 2.86 bits per heavy atom. The summed E-state index contributed by atoms with van der Waals surface area (Å²) in [5.41, 5.74) is 4.10. The topological polar surface area (TPSA) is 30.7 Å². The minimum absolute atomic E-state index is 0.212. The van der Waals surface area contributed by atoms with E-state index in [-0.39, 0.29) is 6.04 Å². The molecule has 1 aliphatic carbocycles. The molecule has 3 heteroatoms. The Labute approximate surface area is 132 Å². The van der Waals surface area contributed by atoms with Gasteiger partial charge in [-0.05, 0) is 49.1 Å². The number of hydrogen-bond acceptors (Lipinski definition) is 2. The largest absolute Gasteiger partial charge is 0.318 e. The molecule has 0 saturated heterocycles. The zero-order valence-corrected chi connectivity index (χ0v) is 13.4. The lowest BCUT2D eigenvalue weighted by Crippen LogP contribution is -2.20. The second-order valence-electron chi connectivity index (χ2n) is 7.45. The third kappa shape index (κ3) is 2.29. The molecule has 0 spiro atoms. The molecule has 2 aliphatic rings. The number of pyridine rings is 1. The van der Waals surface area contributed by atoms with E-state index in [1.165, 1.54) is 36.9 Å². The Kier molecular flexibility index (Phi) is 3.17. The summed E-state index contributed by atoms with van der Waals surface area (Å²) in [6, 6.07) is 4.36. The average Bonchev–Trinajstić information content (AvgIpc) is 3.08. The van der Waals surface area contributed by atoms with Gasteiger partial charge < -0.3 is 4.57 Å². The quantitative estimate of drug-likeness (QED) is 0.756. The molecule has 1 unspecified atom stereocenters. The molecule has 2 aromatic heterocycles. The minimum atomic E-state index is 0.212. The first-order chi connectivity index (χ1) is 10.6. The van der Waals surface area contributed by atoms with Crippen molar-refractivity contribution < 1.29 is 0 Å². The van der Waals surface area contributed by atoms with E-state index in [0.29, 0.717) is 11.3 Å². The van der Waals surface area contributed by atoms with Crippen molar-refractivity contribution in [1.82, 2.24) is 14.5 Å². The number of hydrogen-bond donors (Lipinski definition) is 0. The summed E-state index contributed by atoms with van der Waals surface area (Å²) in [4.78, 5) is 8.92. The molecular weight excluding hydrogens is 270 g/mol. The van der Waals surface area contributed by atoms with Gasteiger partial charge in [-0.15, -0.1) is 0 Å². The van der Waals surface area contributed by atoms with Crippen LogP contribution in [0.1, 0.15) is 51.3 Å². The fourth-order valence-electron chi connectivity index (χ4n) is 3.80. The van der Waals surface area contributed by atoms with Gasteiger partial charge in [0.2, 0.25) is 0 Å². The van der Waals surface area contributed by atoms with E-state index in [2.05, 4.69) is 46.6 Å². The molecule has 0 aromatic carbocycles. The first-order valence-electron chi connectivity index (χ1n) is 8.29. The van der Waals surface area contributed by atoms with E-state index < -0.39 is 0 Å². The lowest BCUT2D eigenvalue weighted by molar-refractivity contribution is 0.213. The molecule has 1 fully saturated rings. The maximum absolute atomic E-state index is 4.61. The van der Waals surface area contributed by atoms with Crippen LogP contribution in [0.4, 0.5) is 0 Å². The molecule has 3 nitrogen and oxygen atoms in total. The van der Waals surface area contributed by atoms with Crippen LogP contribution < -0.4 is 0 Å². The highest BCUT2D eigenvalue weighted by Crippen LogP contribution is 2.41. The highest BCUT2D eigenvalue weighted by atomic mass is 15.1. The molecule has 4 rings (SSSR count). The zero-order valence-electron chi connectivity index (χ0n) is 13.4. The van der Waals surface area contributed by atoms with Crippen LogP contribution in [0.3, 0.4) is 0 Å². The van der Waals surface area contributed by atoms with Crippen molar-refractivity contribution in [2.45, 2.75) is 45.6 Å². The number of imidazole rings is 1. The van der Waals surface area contributed by atoms with Gasteiger partial charge in [-0.3, -0.25) is 4.98 Å². The van der Waals surface area contributed by atoms with Crippen molar-refractivity contribution in [3.8, 4) is 11.3 Å². The van der Waals surface area contributed by atoms with Crippen LogP contribution >= 0.6 is 0 Å². The van der Waals surface area contributed by atoms with E-state index >= 15 is 0 Å². The van der Waals surface area contributed by atoms with Crippen LogP contribution in [0.5, 0.6) is 0 Å². The van der Waals surface area contributed by atoms with Crippen LogP contribution in [0.2, 0.25) is 0 Å². The van der Waals surface area contributed by atoms with Gasteiger partial charge in [-0.2, -0.15) is 0 Å². The van der Waals surface area contributed by atoms with E-state index in [1.807, 2.05) is 24.8 Å². The monoisotopic (exact) mass is 293 g/mol.